The first-order valence-electron chi connectivity index (χ1n) is 5.28. The molecule has 0 spiro atoms. The van der Waals surface area contributed by atoms with Crippen LogP contribution in [0.1, 0.15) is 13.3 Å². The first kappa shape index (κ1) is 10.7. The van der Waals surface area contributed by atoms with Gasteiger partial charge in [0.25, 0.3) is 0 Å². The minimum atomic E-state index is 0.229. The summed E-state index contributed by atoms with van der Waals surface area (Å²) >= 11 is 6.11. The smallest absolute Gasteiger partial charge is 0.147 e. The summed E-state index contributed by atoms with van der Waals surface area (Å²) in [6.07, 6.45) is 2.85. The number of hydrogen-bond donors (Lipinski definition) is 1. The molecule has 0 amide bonds. The lowest BCUT2D eigenvalue weighted by molar-refractivity contribution is 0.400. The molecule has 0 saturated carbocycles. The highest BCUT2D eigenvalue weighted by Gasteiger charge is 2.24. The number of nitrogens with zero attached hydrogens (tertiary/aromatic N) is 2. The summed E-state index contributed by atoms with van der Waals surface area (Å²) in [7, 11) is 0. The quantitative estimate of drug-likeness (QED) is 0.794. The summed E-state index contributed by atoms with van der Waals surface area (Å²) in [6.45, 7) is 4.05. The molecule has 0 radical (unpaired) electrons. The van der Waals surface area contributed by atoms with Crippen LogP contribution < -0.4 is 10.6 Å². The number of anilines is 1. The first-order chi connectivity index (χ1) is 7.16. The van der Waals surface area contributed by atoms with Crippen molar-refractivity contribution in [3.63, 3.8) is 0 Å². The Hall–Kier alpha value is -0.800. The van der Waals surface area contributed by atoms with E-state index in [1.165, 1.54) is 0 Å². The summed E-state index contributed by atoms with van der Waals surface area (Å²) in [5, 5.41) is 0.707. The highest BCUT2D eigenvalue weighted by Crippen LogP contribution is 2.26. The summed E-state index contributed by atoms with van der Waals surface area (Å²) in [6, 6.07) is 3.94. The molecule has 1 fully saturated rings. The van der Waals surface area contributed by atoms with Gasteiger partial charge in [-0.15, -0.1) is 0 Å². The average molecular weight is 226 g/mol. The van der Waals surface area contributed by atoms with Gasteiger partial charge >= 0.3 is 0 Å². The Morgan fingerprint density at radius 2 is 2.33 bits per heavy atom. The lowest BCUT2D eigenvalue weighted by Gasteiger charge is -2.35. The fraction of sp³-hybridized carbons (Fsp3) is 0.545. The number of aromatic nitrogens is 1. The second-order valence-corrected chi connectivity index (χ2v) is 4.72. The van der Waals surface area contributed by atoms with Crippen molar-refractivity contribution in [3.05, 3.63) is 23.4 Å². The second kappa shape index (κ2) is 4.37. The van der Waals surface area contributed by atoms with Crippen LogP contribution >= 0.6 is 11.6 Å². The zero-order valence-electron chi connectivity index (χ0n) is 8.86. The molecule has 2 rings (SSSR count). The van der Waals surface area contributed by atoms with Gasteiger partial charge < -0.3 is 10.6 Å². The first-order valence-corrected chi connectivity index (χ1v) is 5.65. The van der Waals surface area contributed by atoms with Crippen molar-refractivity contribution in [2.75, 3.05) is 18.0 Å². The van der Waals surface area contributed by atoms with Crippen LogP contribution in [-0.2, 0) is 0 Å². The van der Waals surface area contributed by atoms with Gasteiger partial charge in [-0.1, -0.05) is 18.5 Å². The molecule has 4 heteroatoms. The Kier molecular flexibility index (Phi) is 3.12. The number of pyridine rings is 1. The molecule has 0 bridgehead atoms. The lowest BCUT2D eigenvalue weighted by atomic mass is 9.97. The Balaban J connectivity index is 2.20. The maximum Gasteiger partial charge on any atom is 0.147 e. The van der Waals surface area contributed by atoms with Crippen molar-refractivity contribution in [1.29, 1.82) is 0 Å². The van der Waals surface area contributed by atoms with Crippen molar-refractivity contribution in [1.82, 2.24) is 4.98 Å². The second-order valence-electron chi connectivity index (χ2n) is 4.31. The lowest BCUT2D eigenvalue weighted by Crippen LogP contribution is -2.46. The van der Waals surface area contributed by atoms with E-state index in [0.717, 1.165) is 25.3 Å². The third-order valence-electron chi connectivity index (χ3n) is 2.73. The molecule has 1 aromatic rings. The van der Waals surface area contributed by atoms with Crippen LogP contribution in [0.4, 0.5) is 5.82 Å². The third kappa shape index (κ3) is 2.41. The van der Waals surface area contributed by atoms with Gasteiger partial charge in [-0.2, -0.15) is 0 Å². The van der Waals surface area contributed by atoms with Gasteiger partial charge in [-0.25, -0.2) is 4.98 Å². The molecule has 2 unspecified atom stereocenters. The van der Waals surface area contributed by atoms with Crippen molar-refractivity contribution < 1.29 is 0 Å². The van der Waals surface area contributed by atoms with E-state index in [9.17, 15) is 0 Å². The molecule has 1 saturated heterocycles. The van der Waals surface area contributed by atoms with Gasteiger partial charge in [0.15, 0.2) is 0 Å². The van der Waals surface area contributed by atoms with Crippen LogP contribution in [0.2, 0.25) is 5.02 Å². The van der Waals surface area contributed by atoms with Gasteiger partial charge in [0.1, 0.15) is 5.82 Å². The molecule has 1 aliphatic heterocycles. The summed E-state index contributed by atoms with van der Waals surface area (Å²) < 4.78 is 0. The topological polar surface area (TPSA) is 42.1 Å². The molecule has 2 N–H and O–H groups in total. The SMILES string of the molecule is CC1CC(N)CN(c2ncccc2Cl)C1. The highest BCUT2D eigenvalue weighted by atomic mass is 35.5. The molecule has 82 valence electrons. The average Bonchev–Trinajstić information content (AvgIpc) is 2.16. The van der Waals surface area contributed by atoms with Crippen molar-refractivity contribution in [2.45, 2.75) is 19.4 Å². The van der Waals surface area contributed by atoms with Crippen LogP contribution in [0.3, 0.4) is 0 Å². The van der Waals surface area contributed by atoms with E-state index in [1.807, 2.05) is 12.1 Å². The van der Waals surface area contributed by atoms with Crippen molar-refractivity contribution >= 4 is 17.4 Å². The summed E-state index contributed by atoms with van der Waals surface area (Å²) in [5.74, 6) is 1.47. The Morgan fingerprint density at radius 3 is 3.00 bits per heavy atom. The van der Waals surface area contributed by atoms with Crippen LogP contribution in [0.5, 0.6) is 0 Å². The van der Waals surface area contributed by atoms with E-state index >= 15 is 0 Å². The van der Waals surface area contributed by atoms with Crippen LogP contribution in [0.25, 0.3) is 0 Å². The molecule has 2 atom stereocenters. The minimum Gasteiger partial charge on any atom is -0.354 e. The van der Waals surface area contributed by atoms with Gasteiger partial charge in [-0.05, 0) is 24.5 Å². The van der Waals surface area contributed by atoms with Gasteiger partial charge in [-0.3, -0.25) is 0 Å². The predicted molar refractivity (Wildman–Crippen MR) is 63.2 cm³/mol. The largest absolute Gasteiger partial charge is 0.354 e. The summed E-state index contributed by atoms with van der Waals surface area (Å²) in [4.78, 5) is 6.49. The molecule has 3 nitrogen and oxygen atoms in total. The van der Waals surface area contributed by atoms with Crippen LogP contribution in [-0.4, -0.2) is 24.1 Å². The van der Waals surface area contributed by atoms with Gasteiger partial charge in [0.2, 0.25) is 0 Å². The van der Waals surface area contributed by atoms with E-state index in [1.54, 1.807) is 6.20 Å². The third-order valence-corrected chi connectivity index (χ3v) is 3.03. The maximum absolute atomic E-state index is 6.11. The van der Waals surface area contributed by atoms with E-state index < -0.39 is 0 Å². The minimum absolute atomic E-state index is 0.229. The van der Waals surface area contributed by atoms with Gasteiger partial charge in [0.05, 0.1) is 5.02 Å². The highest BCUT2D eigenvalue weighted by molar-refractivity contribution is 6.32. The molecule has 0 aliphatic carbocycles. The molecule has 1 aliphatic rings. The van der Waals surface area contributed by atoms with E-state index in [4.69, 9.17) is 17.3 Å². The normalized spacial score (nSPS) is 26.7. The predicted octanol–water partition coefficient (Wildman–Crippen LogP) is 1.91. The Bertz CT molecular complexity index is 332. The fourth-order valence-electron chi connectivity index (χ4n) is 2.18. The monoisotopic (exact) mass is 225 g/mol. The van der Waals surface area contributed by atoms with Crippen molar-refractivity contribution in [3.8, 4) is 0 Å². The molecule has 15 heavy (non-hydrogen) atoms. The van der Waals surface area contributed by atoms with Gasteiger partial charge in [0, 0.05) is 25.3 Å². The molecular formula is C11H16ClN3. The van der Waals surface area contributed by atoms with E-state index in [0.29, 0.717) is 10.9 Å². The standard InChI is InChI=1S/C11H16ClN3/c1-8-5-9(13)7-15(6-8)11-10(12)3-2-4-14-11/h2-4,8-9H,5-7,13H2,1H3. The fourth-order valence-corrected chi connectivity index (χ4v) is 2.42. The zero-order chi connectivity index (χ0) is 10.8. The zero-order valence-corrected chi connectivity index (χ0v) is 9.61. The van der Waals surface area contributed by atoms with E-state index in [2.05, 4.69) is 16.8 Å². The van der Waals surface area contributed by atoms with E-state index in [-0.39, 0.29) is 6.04 Å². The number of rotatable bonds is 1. The molecule has 2 heterocycles. The van der Waals surface area contributed by atoms with Crippen molar-refractivity contribution in [2.24, 2.45) is 11.7 Å². The number of halogens is 1. The number of nitrogens with two attached hydrogens (primary N) is 1. The molecule has 1 aromatic heterocycles. The molecular weight excluding hydrogens is 210 g/mol. The summed E-state index contributed by atoms with van der Waals surface area (Å²) in [5.41, 5.74) is 5.99. The Morgan fingerprint density at radius 1 is 1.53 bits per heavy atom. The Labute approximate surface area is 95.2 Å². The van der Waals surface area contributed by atoms with Crippen LogP contribution in [0.15, 0.2) is 18.3 Å². The number of piperidine rings is 1. The maximum atomic E-state index is 6.11. The van der Waals surface area contributed by atoms with Crippen LogP contribution in [0, 0.1) is 5.92 Å². The molecule has 0 aromatic carbocycles. The number of hydrogen-bond acceptors (Lipinski definition) is 3.